The molecular formula is C20H31NO2. The van der Waals surface area contributed by atoms with Gasteiger partial charge in [0.05, 0.1) is 5.69 Å². The molecule has 0 aromatic heterocycles. The van der Waals surface area contributed by atoms with Gasteiger partial charge in [-0.2, -0.15) is 0 Å². The van der Waals surface area contributed by atoms with Gasteiger partial charge in [-0.15, -0.1) is 0 Å². The molecule has 0 atom stereocenters. The first-order valence-electron chi connectivity index (χ1n) is 8.73. The zero-order valence-electron chi connectivity index (χ0n) is 15.3. The molecule has 23 heavy (non-hydrogen) atoms. The number of rotatable bonds is 4. The van der Waals surface area contributed by atoms with Crippen LogP contribution in [0.15, 0.2) is 24.3 Å². The van der Waals surface area contributed by atoms with Gasteiger partial charge in [0.1, 0.15) is 0 Å². The van der Waals surface area contributed by atoms with Gasteiger partial charge in [-0.1, -0.05) is 71.1 Å². The van der Waals surface area contributed by atoms with Gasteiger partial charge in [0, 0.05) is 12.8 Å². The highest BCUT2D eigenvalue weighted by molar-refractivity contribution is 6.16. The van der Waals surface area contributed by atoms with Crippen molar-refractivity contribution in [1.29, 1.82) is 0 Å². The predicted molar refractivity (Wildman–Crippen MR) is 96.5 cm³/mol. The summed E-state index contributed by atoms with van der Waals surface area (Å²) >= 11 is 0. The molecule has 1 aromatic carbocycles. The predicted octanol–water partition coefficient (Wildman–Crippen LogP) is 5.26. The summed E-state index contributed by atoms with van der Waals surface area (Å²) < 4.78 is 0. The average Bonchev–Trinajstić information content (AvgIpc) is 2.46. The second kappa shape index (κ2) is 8.85. The van der Waals surface area contributed by atoms with E-state index in [-0.39, 0.29) is 17.2 Å². The normalized spacial score (nSPS) is 16.8. The summed E-state index contributed by atoms with van der Waals surface area (Å²) in [6.07, 6.45) is 6.38. The van der Waals surface area contributed by atoms with E-state index in [0.717, 1.165) is 5.56 Å². The summed E-state index contributed by atoms with van der Waals surface area (Å²) in [6, 6.07) is 7.47. The zero-order chi connectivity index (χ0) is 17.5. The van der Waals surface area contributed by atoms with Crippen molar-refractivity contribution in [1.82, 2.24) is 0 Å². The van der Waals surface area contributed by atoms with Gasteiger partial charge >= 0.3 is 0 Å². The van der Waals surface area contributed by atoms with E-state index in [1.807, 2.05) is 45.0 Å². The highest BCUT2D eigenvalue weighted by Gasteiger charge is 2.37. The molecule has 3 heteroatoms. The number of amides is 2. The highest BCUT2D eigenvalue weighted by atomic mass is 16.2. The number of benzene rings is 1. The Kier molecular flexibility index (Phi) is 7.47. The van der Waals surface area contributed by atoms with E-state index >= 15 is 0 Å². The summed E-state index contributed by atoms with van der Waals surface area (Å²) in [5.41, 5.74) is 1.59. The number of anilines is 1. The van der Waals surface area contributed by atoms with E-state index in [2.05, 4.69) is 13.8 Å². The number of hydrogen-bond acceptors (Lipinski definition) is 2. The van der Waals surface area contributed by atoms with Gasteiger partial charge in [0.25, 0.3) is 0 Å². The number of unbranched alkanes of at least 4 members (excludes halogenated alkanes) is 3. The van der Waals surface area contributed by atoms with Gasteiger partial charge < -0.3 is 0 Å². The summed E-state index contributed by atoms with van der Waals surface area (Å²) in [5, 5.41) is 0. The summed E-state index contributed by atoms with van der Waals surface area (Å²) in [7, 11) is 0. The summed E-state index contributed by atoms with van der Waals surface area (Å²) in [5.74, 6) is -0.204. The Bertz CT molecular complexity index is 493. The van der Waals surface area contributed by atoms with E-state index in [9.17, 15) is 9.59 Å². The quantitative estimate of drug-likeness (QED) is 0.561. The third kappa shape index (κ3) is 6.17. The number of hydrogen-bond donors (Lipinski definition) is 0. The van der Waals surface area contributed by atoms with Crippen LogP contribution in [0.1, 0.15) is 71.8 Å². The van der Waals surface area contributed by atoms with Crippen molar-refractivity contribution in [2.75, 3.05) is 4.90 Å². The van der Waals surface area contributed by atoms with Gasteiger partial charge in [0.2, 0.25) is 11.8 Å². The lowest BCUT2D eigenvalue weighted by Gasteiger charge is -2.34. The molecular weight excluding hydrogens is 286 g/mol. The van der Waals surface area contributed by atoms with Crippen LogP contribution < -0.4 is 4.90 Å². The lowest BCUT2D eigenvalue weighted by molar-refractivity contribution is -0.132. The lowest BCUT2D eigenvalue weighted by Crippen LogP contribution is -2.46. The zero-order valence-corrected chi connectivity index (χ0v) is 15.3. The standard InChI is InChI=1S/C14H17NO2.C6H14/c1-10-4-6-11(7-5-10)15-12(16)8-14(2,3)9-13(15)17;1-3-5-6-4-2/h4-7H,8-9H2,1-3H3;3-6H2,1-2H3. The van der Waals surface area contributed by atoms with Crippen LogP contribution in [0.3, 0.4) is 0 Å². The molecule has 1 heterocycles. The summed E-state index contributed by atoms with van der Waals surface area (Å²) in [4.78, 5) is 25.3. The largest absolute Gasteiger partial charge is 0.274 e. The van der Waals surface area contributed by atoms with Crippen molar-refractivity contribution in [2.45, 2.75) is 73.1 Å². The van der Waals surface area contributed by atoms with E-state index in [1.54, 1.807) is 0 Å². The third-order valence-corrected chi connectivity index (χ3v) is 4.01. The smallest absolute Gasteiger partial charge is 0.234 e. The molecule has 3 nitrogen and oxygen atoms in total. The molecule has 0 spiro atoms. The van der Waals surface area contributed by atoms with E-state index in [1.165, 1.54) is 30.6 Å². The second-order valence-electron chi connectivity index (χ2n) is 7.18. The van der Waals surface area contributed by atoms with E-state index < -0.39 is 0 Å². The number of carbonyl (C=O) groups is 2. The SMILES string of the molecule is CCCCCC.Cc1ccc(N2C(=O)CC(C)(C)CC2=O)cc1. The molecule has 2 amide bonds. The molecule has 1 aliphatic rings. The Balaban J connectivity index is 0.000000379. The topological polar surface area (TPSA) is 37.4 Å². The number of imide groups is 1. The number of piperidine rings is 1. The first-order chi connectivity index (χ1) is 10.8. The van der Waals surface area contributed by atoms with Crippen LogP contribution in [-0.2, 0) is 9.59 Å². The van der Waals surface area contributed by atoms with Crippen molar-refractivity contribution >= 4 is 17.5 Å². The molecule has 1 fully saturated rings. The molecule has 1 aromatic rings. The molecule has 0 saturated carbocycles. The van der Waals surface area contributed by atoms with Crippen LogP contribution in [0.4, 0.5) is 5.69 Å². The highest BCUT2D eigenvalue weighted by Crippen LogP contribution is 2.33. The van der Waals surface area contributed by atoms with E-state index in [0.29, 0.717) is 18.5 Å². The minimum atomic E-state index is -0.213. The Morgan fingerprint density at radius 3 is 1.74 bits per heavy atom. The maximum atomic E-state index is 12.0. The molecule has 0 bridgehead atoms. The maximum Gasteiger partial charge on any atom is 0.234 e. The van der Waals surface area contributed by atoms with Crippen LogP contribution in [0.5, 0.6) is 0 Å². The van der Waals surface area contributed by atoms with Crippen molar-refractivity contribution < 1.29 is 9.59 Å². The maximum absolute atomic E-state index is 12.0. The van der Waals surface area contributed by atoms with Gasteiger partial charge in [-0.05, 0) is 24.5 Å². The van der Waals surface area contributed by atoms with Crippen molar-refractivity contribution in [3.63, 3.8) is 0 Å². The van der Waals surface area contributed by atoms with Crippen LogP contribution in [0.25, 0.3) is 0 Å². The molecule has 0 aliphatic carbocycles. The fourth-order valence-corrected chi connectivity index (χ4v) is 2.66. The number of carbonyl (C=O) groups excluding carboxylic acids is 2. The fraction of sp³-hybridized carbons (Fsp3) is 0.600. The summed E-state index contributed by atoms with van der Waals surface area (Å²) in [6.45, 7) is 10.3. The Hall–Kier alpha value is -1.64. The molecule has 0 N–H and O–H groups in total. The lowest BCUT2D eigenvalue weighted by atomic mass is 9.81. The van der Waals surface area contributed by atoms with Crippen LogP contribution in [0, 0.1) is 12.3 Å². The Morgan fingerprint density at radius 1 is 0.913 bits per heavy atom. The van der Waals surface area contributed by atoms with Crippen molar-refractivity contribution in [3.8, 4) is 0 Å². The third-order valence-electron chi connectivity index (χ3n) is 4.01. The Labute approximate surface area is 141 Å². The average molecular weight is 317 g/mol. The number of nitrogens with zero attached hydrogens (tertiary/aromatic N) is 1. The first kappa shape index (κ1) is 19.4. The second-order valence-corrected chi connectivity index (χ2v) is 7.18. The van der Waals surface area contributed by atoms with Crippen molar-refractivity contribution in [2.24, 2.45) is 5.41 Å². The fourth-order valence-electron chi connectivity index (χ4n) is 2.66. The van der Waals surface area contributed by atoms with Gasteiger partial charge in [-0.25, -0.2) is 0 Å². The molecule has 1 aliphatic heterocycles. The first-order valence-corrected chi connectivity index (χ1v) is 8.73. The number of aryl methyl sites for hydroxylation is 1. The van der Waals surface area contributed by atoms with Crippen molar-refractivity contribution in [3.05, 3.63) is 29.8 Å². The monoisotopic (exact) mass is 317 g/mol. The van der Waals surface area contributed by atoms with Crippen LogP contribution in [0.2, 0.25) is 0 Å². The molecule has 0 radical (unpaired) electrons. The molecule has 0 unspecified atom stereocenters. The van der Waals surface area contributed by atoms with Gasteiger partial charge in [0.15, 0.2) is 0 Å². The van der Waals surface area contributed by atoms with Crippen LogP contribution in [-0.4, -0.2) is 11.8 Å². The van der Waals surface area contributed by atoms with E-state index in [4.69, 9.17) is 0 Å². The van der Waals surface area contributed by atoms with Gasteiger partial charge in [-0.3, -0.25) is 14.5 Å². The molecule has 128 valence electrons. The van der Waals surface area contributed by atoms with Crippen LogP contribution >= 0.6 is 0 Å². The minimum Gasteiger partial charge on any atom is -0.274 e. The minimum absolute atomic E-state index is 0.102. The molecule has 1 saturated heterocycles. The Morgan fingerprint density at radius 2 is 1.35 bits per heavy atom. The molecule has 2 rings (SSSR count).